The molecule has 0 radical (unpaired) electrons. The van der Waals surface area contributed by atoms with Gasteiger partial charge in [0.05, 0.1) is 0 Å². The fraction of sp³-hybridized carbons (Fsp3) is 1.00. The summed E-state index contributed by atoms with van der Waals surface area (Å²) in [5.74, 6) is 3.38. The van der Waals surface area contributed by atoms with Crippen LogP contribution in [0.3, 0.4) is 0 Å². The van der Waals surface area contributed by atoms with Gasteiger partial charge in [0, 0.05) is 14.2 Å². The summed E-state index contributed by atoms with van der Waals surface area (Å²) in [6.45, 7) is 13.9. The molecule has 0 saturated heterocycles. The molecule has 0 N–H and O–H groups in total. The van der Waals surface area contributed by atoms with E-state index in [1.54, 1.807) is 14.2 Å². The molecule has 0 aliphatic heterocycles. The highest BCUT2D eigenvalue weighted by molar-refractivity contribution is 4.67. The number of hydrogen-bond donors (Lipinski definition) is 0. The minimum absolute atomic E-state index is 0.831. The van der Waals surface area contributed by atoms with E-state index in [-0.39, 0.29) is 0 Å². The van der Waals surface area contributed by atoms with Gasteiger partial charge < -0.3 is 4.74 Å². The van der Waals surface area contributed by atoms with Crippen LogP contribution in [0.1, 0.15) is 41.5 Å². The molecule has 0 aliphatic rings. The Morgan fingerprint density at radius 1 is 0.615 bits per heavy atom. The first-order valence-electron chi connectivity index (χ1n) is 5.28. The van der Waals surface area contributed by atoms with Crippen LogP contribution < -0.4 is 0 Å². The summed E-state index contributed by atoms with van der Waals surface area (Å²) in [6.07, 6.45) is 0. The van der Waals surface area contributed by atoms with E-state index in [4.69, 9.17) is 0 Å². The summed E-state index contributed by atoms with van der Waals surface area (Å²) in [5, 5.41) is 0. The van der Waals surface area contributed by atoms with Gasteiger partial charge in [0.15, 0.2) is 0 Å². The minimum Gasteiger partial charge on any atom is -0.388 e. The SMILES string of the molecule is CC(C)C(C)C(C)C(C)C.COC. The highest BCUT2D eigenvalue weighted by Gasteiger charge is 2.17. The van der Waals surface area contributed by atoms with Crippen molar-refractivity contribution in [2.75, 3.05) is 14.2 Å². The zero-order chi connectivity index (χ0) is 11.0. The molecule has 0 saturated carbocycles. The van der Waals surface area contributed by atoms with E-state index in [2.05, 4.69) is 46.3 Å². The normalized spacial score (nSPS) is 15.2. The van der Waals surface area contributed by atoms with Crippen molar-refractivity contribution in [1.82, 2.24) is 0 Å². The van der Waals surface area contributed by atoms with Crippen LogP contribution in [0.5, 0.6) is 0 Å². The lowest BCUT2D eigenvalue weighted by atomic mass is 9.80. The van der Waals surface area contributed by atoms with E-state index in [0.29, 0.717) is 0 Å². The van der Waals surface area contributed by atoms with E-state index in [1.165, 1.54) is 0 Å². The van der Waals surface area contributed by atoms with Crippen LogP contribution in [0.15, 0.2) is 0 Å². The van der Waals surface area contributed by atoms with Crippen LogP contribution in [0.4, 0.5) is 0 Å². The van der Waals surface area contributed by atoms with E-state index in [1.807, 2.05) is 0 Å². The maximum absolute atomic E-state index is 4.25. The average molecular weight is 188 g/mol. The van der Waals surface area contributed by atoms with Gasteiger partial charge in [-0.2, -0.15) is 0 Å². The van der Waals surface area contributed by atoms with Crippen molar-refractivity contribution in [1.29, 1.82) is 0 Å². The molecule has 1 heteroatoms. The molecule has 0 bridgehead atoms. The van der Waals surface area contributed by atoms with Crippen molar-refractivity contribution in [3.05, 3.63) is 0 Å². The Balaban J connectivity index is 0. The number of hydrogen-bond acceptors (Lipinski definition) is 1. The summed E-state index contributed by atoms with van der Waals surface area (Å²) in [7, 11) is 3.25. The molecular formula is C12H28O. The van der Waals surface area contributed by atoms with Gasteiger partial charge in [0.25, 0.3) is 0 Å². The largest absolute Gasteiger partial charge is 0.388 e. The number of ether oxygens (including phenoxy) is 1. The molecule has 13 heavy (non-hydrogen) atoms. The fourth-order valence-electron chi connectivity index (χ4n) is 1.21. The summed E-state index contributed by atoms with van der Waals surface area (Å²) >= 11 is 0. The Bertz CT molecular complexity index is 85.3. The van der Waals surface area contributed by atoms with Gasteiger partial charge in [0.2, 0.25) is 0 Å². The van der Waals surface area contributed by atoms with Gasteiger partial charge in [-0.15, -0.1) is 0 Å². The zero-order valence-electron chi connectivity index (χ0n) is 10.7. The fourth-order valence-corrected chi connectivity index (χ4v) is 1.21. The maximum Gasteiger partial charge on any atom is 0.0351 e. The van der Waals surface area contributed by atoms with Crippen LogP contribution in [-0.4, -0.2) is 14.2 Å². The van der Waals surface area contributed by atoms with Crippen molar-refractivity contribution in [2.45, 2.75) is 41.5 Å². The van der Waals surface area contributed by atoms with Gasteiger partial charge in [-0.3, -0.25) is 0 Å². The monoisotopic (exact) mass is 188 g/mol. The van der Waals surface area contributed by atoms with E-state index >= 15 is 0 Å². The second-order valence-corrected chi connectivity index (χ2v) is 4.61. The van der Waals surface area contributed by atoms with Crippen LogP contribution in [-0.2, 0) is 4.74 Å². The molecule has 0 rings (SSSR count). The van der Waals surface area contributed by atoms with Gasteiger partial charge in [-0.05, 0) is 23.7 Å². The van der Waals surface area contributed by atoms with Crippen molar-refractivity contribution in [3.63, 3.8) is 0 Å². The lowest BCUT2D eigenvalue weighted by molar-refractivity contribution is 0.235. The molecule has 0 aromatic rings. The van der Waals surface area contributed by atoms with E-state index < -0.39 is 0 Å². The summed E-state index contributed by atoms with van der Waals surface area (Å²) in [5.41, 5.74) is 0. The molecule has 0 aromatic heterocycles. The van der Waals surface area contributed by atoms with Crippen LogP contribution in [0.2, 0.25) is 0 Å². The van der Waals surface area contributed by atoms with Gasteiger partial charge in [-0.1, -0.05) is 41.5 Å². The molecule has 0 fully saturated rings. The Morgan fingerprint density at radius 3 is 0.846 bits per heavy atom. The molecule has 2 atom stereocenters. The molecule has 0 heterocycles. The summed E-state index contributed by atoms with van der Waals surface area (Å²) in [6, 6.07) is 0. The second kappa shape index (κ2) is 8.55. The predicted molar refractivity (Wildman–Crippen MR) is 60.9 cm³/mol. The highest BCUT2D eigenvalue weighted by atomic mass is 16.4. The molecular weight excluding hydrogens is 160 g/mol. The summed E-state index contributed by atoms with van der Waals surface area (Å²) in [4.78, 5) is 0. The molecule has 2 unspecified atom stereocenters. The average Bonchev–Trinajstić information content (AvgIpc) is 2.03. The zero-order valence-corrected chi connectivity index (χ0v) is 10.7. The van der Waals surface area contributed by atoms with Gasteiger partial charge >= 0.3 is 0 Å². The minimum atomic E-state index is 0.831. The second-order valence-electron chi connectivity index (χ2n) is 4.61. The Labute approximate surface area is 84.9 Å². The van der Waals surface area contributed by atoms with Crippen LogP contribution >= 0.6 is 0 Å². The van der Waals surface area contributed by atoms with E-state index in [9.17, 15) is 0 Å². The molecule has 0 amide bonds. The third-order valence-corrected chi connectivity index (χ3v) is 2.93. The molecule has 0 aromatic carbocycles. The Hall–Kier alpha value is -0.0400. The predicted octanol–water partition coefficient (Wildman–Crippen LogP) is 3.83. The third-order valence-electron chi connectivity index (χ3n) is 2.93. The van der Waals surface area contributed by atoms with Crippen molar-refractivity contribution in [3.8, 4) is 0 Å². The van der Waals surface area contributed by atoms with E-state index in [0.717, 1.165) is 23.7 Å². The topological polar surface area (TPSA) is 9.23 Å². The lowest BCUT2D eigenvalue weighted by Crippen LogP contribution is -2.18. The first-order chi connectivity index (χ1) is 5.88. The third kappa shape index (κ3) is 8.29. The number of rotatable bonds is 3. The lowest BCUT2D eigenvalue weighted by Gasteiger charge is -2.26. The quantitative estimate of drug-likeness (QED) is 0.654. The van der Waals surface area contributed by atoms with Gasteiger partial charge in [-0.25, -0.2) is 0 Å². The number of methoxy groups -OCH3 is 1. The summed E-state index contributed by atoms with van der Waals surface area (Å²) < 4.78 is 4.25. The first-order valence-corrected chi connectivity index (χ1v) is 5.28. The van der Waals surface area contributed by atoms with Gasteiger partial charge in [0.1, 0.15) is 0 Å². The molecule has 1 nitrogen and oxygen atoms in total. The molecule has 82 valence electrons. The van der Waals surface area contributed by atoms with Crippen molar-refractivity contribution < 1.29 is 4.74 Å². The van der Waals surface area contributed by atoms with Crippen molar-refractivity contribution in [2.24, 2.45) is 23.7 Å². The maximum atomic E-state index is 4.25. The Kier molecular flexibility index (Phi) is 10.2. The van der Waals surface area contributed by atoms with Crippen LogP contribution in [0.25, 0.3) is 0 Å². The van der Waals surface area contributed by atoms with Crippen molar-refractivity contribution >= 4 is 0 Å². The standard InChI is InChI=1S/C10H22.C2H6O/c1-7(2)9(5)10(6)8(3)4;1-3-2/h7-10H,1-6H3;1-2H3. The first kappa shape index (κ1) is 15.4. The smallest absolute Gasteiger partial charge is 0.0351 e. The van der Waals surface area contributed by atoms with Crippen LogP contribution in [0, 0.1) is 23.7 Å². The highest BCUT2D eigenvalue weighted by Crippen LogP contribution is 2.25. The Morgan fingerprint density at radius 2 is 0.769 bits per heavy atom. The molecule has 0 spiro atoms. The molecule has 0 aliphatic carbocycles.